The molecule has 0 amide bonds. The lowest BCUT2D eigenvalue weighted by molar-refractivity contribution is 0.392. The Balaban J connectivity index is 1.95. The number of nitrogens with one attached hydrogen (secondary N) is 2. The van der Waals surface area contributed by atoms with Gasteiger partial charge in [-0.25, -0.2) is 9.97 Å². The zero-order chi connectivity index (χ0) is 13.0. The highest BCUT2D eigenvalue weighted by atomic mass is 15.1. The summed E-state index contributed by atoms with van der Waals surface area (Å²) in [7, 11) is 0. The first-order chi connectivity index (χ1) is 8.65. The normalized spacial score (nSPS) is 20.1. The lowest BCUT2D eigenvalue weighted by Gasteiger charge is -2.23. The predicted molar refractivity (Wildman–Crippen MR) is 74.9 cm³/mol. The van der Waals surface area contributed by atoms with Crippen molar-refractivity contribution in [1.82, 2.24) is 15.3 Å². The molecule has 100 valence electrons. The van der Waals surface area contributed by atoms with E-state index in [0.717, 1.165) is 37.0 Å². The monoisotopic (exact) mass is 248 g/mol. The summed E-state index contributed by atoms with van der Waals surface area (Å²) < 4.78 is 0. The third-order valence-electron chi connectivity index (χ3n) is 3.41. The highest BCUT2D eigenvalue weighted by Gasteiger charge is 2.13. The SMILES string of the molecule is Cc1cc(C(C)C)nc(NCC2CCCNC2)n1. The van der Waals surface area contributed by atoms with E-state index in [1.54, 1.807) is 0 Å². The lowest BCUT2D eigenvalue weighted by atomic mass is 10.00. The number of hydrogen-bond donors (Lipinski definition) is 2. The number of nitrogens with zero attached hydrogens (tertiary/aromatic N) is 2. The quantitative estimate of drug-likeness (QED) is 0.858. The summed E-state index contributed by atoms with van der Waals surface area (Å²) in [6.45, 7) is 9.59. The number of aromatic nitrogens is 2. The molecule has 2 heterocycles. The number of rotatable bonds is 4. The summed E-state index contributed by atoms with van der Waals surface area (Å²) >= 11 is 0. The minimum atomic E-state index is 0.448. The average molecular weight is 248 g/mol. The van der Waals surface area contributed by atoms with E-state index in [-0.39, 0.29) is 0 Å². The van der Waals surface area contributed by atoms with Gasteiger partial charge in [-0.1, -0.05) is 13.8 Å². The van der Waals surface area contributed by atoms with Crippen molar-refractivity contribution in [2.45, 2.75) is 39.5 Å². The lowest BCUT2D eigenvalue weighted by Crippen LogP contribution is -2.33. The van der Waals surface area contributed by atoms with Gasteiger partial charge in [-0.15, -0.1) is 0 Å². The van der Waals surface area contributed by atoms with Crippen LogP contribution in [-0.2, 0) is 0 Å². The van der Waals surface area contributed by atoms with Gasteiger partial charge < -0.3 is 10.6 Å². The van der Waals surface area contributed by atoms with Gasteiger partial charge in [-0.2, -0.15) is 0 Å². The first-order valence-electron chi connectivity index (χ1n) is 6.95. The molecule has 0 saturated carbocycles. The fourth-order valence-electron chi connectivity index (χ4n) is 2.30. The highest BCUT2D eigenvalue weighted by Crippen LogP contribution is 2.15. The molecule has 2 rings (SSSR count). The number of hydrogen-bond acceptors (Lipinski definition) is 4. The van der Waals surface area contributed by atoms with Crippen molar-refractivity contribution in [2.75, 3.05) is 25.0 Å². The molecule has 1 aliphatic heterocycles. The molecule has 1 aliphatic rings. The summed E-state index contributed by atoms with van der Waals surface area (Å²) in [5.41, 5.74) is 2.16. The minimum absolute atomic E-state index is 0.448. The maximum absolute atomic E-state index is 4.57. The Morgan fingerprint density at radius 3 is 2.94 bits per heavy atom. The molecule has 0 spiro atoms. The molecular formula is C14H24N4. The summed E-state index contributed by atoms with van der Waals surface area (Å²) in [6, 6.07) is 2.07. The van der Waals surface area contributed by atoms with E-state index < -0.39 is 0 Å². The van der Waals surface area contributed by atoms with Crippen LogP contribution < -0.4 is 10.6 Å². The van der Waals surface area contributed by atoms with Gasteiger partial charge >= 0.3 is 0 Å². The Bertz CT molecular complexity index is 383. The van der Waals surface area contributed by atoms with Crippen LogP contribution >= 0.6 is 0 Å². The molecule has 0 aromatic carbocycles. The van der Waals surface area contributed by atoms with Crippen LogP contribution in [0, 0.1) is 12.8 Å². The average Bonchev–Trinajstić information content (AvgIpc) is 2.37. The Labute approximate surface area is 110 Å². The van der Waals surface area contributed by atoms with Gasteiger partial charge in [0, 0.05) is 17.9 Å². The molecule has 2 N–H and O–H groups in total. The van der Waals surface area contributed by atoms with Gasteiger partial charge in [0.25, 0.3) is 0 Å². The molecule has 1 fully saturated rings. The topological polar surface area (TPSA) is 49.8 Å². The number of piperidine rings is 1. The molecule has 0 radical (unpaired) electrons. The fourth-order valence-corrected chi connectivity index (χ4v) is 2.30. The molecule has 4 heteroatoms. The smallest absolute Gasteiger partial charge is 0.223 e. The molecule has 1 unspecified atom stereocenters. The van der Waals surface area contributed by atoms with E-state index in [9.17, 15) is 0 Å². The Kier molecular flexibility index (Phi) is 4.53. The van der Waals surface area contributed by atoms with Crippen LogP contribution in [0.15, 0.2) is 6.07 Å². The third kappa shape index (κ3) is 3.67. The molecule has 1 atom stereocenters. The summed E-state index contributed by atoms with van der Waals surface area (Å²) in [5.74, 6) is 1.93. The van der Waals surface area contributed by atoms with Crippen molar-refractivity contribution >= 4 is 5.95 Å². The fraction of sp³-hybridized carbons (Fsp3) is 0.714. The van der Waals surface area contributed by atoms with Crippen LogP contribution in [0.3, 0.4) is 0 Å². The molecule has 1 aromatic heterocycles. The highest BCUT2D eigenvalue weighted by molar-refractivity contribution is 5.29. The van der Waals surface area contributed by atoms with Gasteiger partial charge in [0.1, 0.15) is 0 Å². The maximum Gasteiger partial charge on any atom is 0.223 e. The van der Waals surface area contributed by atoms with E-state index in [1.807, 2.05) is 6.92 Å². The number of aryl methyl sites for hydroxylation is 1. The van der Waals surface area contributed by atoms with Crippen LogP contribution in [0.1, 0.15) is 44.0 Å². The predicted octanol–water partition coefficient (Wildman–Crippen LogP) is 2.32. The second-order valence-corrected chi connectivity index (χ2v) is 5.51. The van der Waals surface area contributed by atoms with E-state index in [0.29, 0.717) is 11.8 Å². The summed E-state index contributed by atoms with van der Waals surface area (Å²) in [4.78, 5) is 9.03. The molecule has 1 aromatic rings. The molecule has 0 aliphatic carbocycles. The van der Waals surface area contributed by atoms with Gasteiger partial charge in [-0.3, -0.25) is 0 Å². The summed E-state index contributed by atoms with van der Waals surface area (Å²) in [5, 5.41) is 6.82. The standard InChI is InChI=1S/C14H24N4/c1-10(2)13-7-11(3)17-14(18-13)16-9-12-5-4-6-15-8-12/h7,10,12,15H,4-6,8-9H2,1-3H3,(H,16,17,18). The summed E-state index contributed by atoms with van der Waals surface area (Å²) in [6.07, 6.45) is 2.57. The van der Waals surface area contributed by atoms with Gasteiger partial charge in [0.2, 0.25) is 5.95 Å². The number of anilines is 1. The molecule has 4 nitrogen and oxygen atoms in total. The second kappa shape index (κ2) is 6.14. The molecule has 1 saturated heterocycles. The van der Waals surface area contributed by atoms with Crippen LogP contribution in [0.4, 0.5) is 5.95 Å². The maximum atomic E-state index is 4.57. The van der Waals surface area contributed by atoms with Gasteiger partial charge in [0.05, 0.1) is 0 Å². The van der Waals surface area contributed by atoms with E-state index in [4.69, 9.17) is 0 Å². The Hall–Kier alpha value is -1.16. The zero-order valence-electron chi connectivity index (χ0n) is 11.7. The Morgan fingerprint density at radius 1 is 1.44 bits per heavy atom. The van der Waals surface area contributed by atoms with Crippen molar-refractivity contribution in [3.05, 3.63) is 17.5 Å². The van der Waals surface area contributed by atoms with E-state index >= 15 is 0 Å². The van der Waals surface area contributed by atoms with Crippen molar-refractivity contribution in [2.24, 2.45) is 5.92 Å². The van der Waals surface area contributed by atoms with Crippen molar-refractivity contribution in [1.29, 1.82) is 0 Å². The van der Waals surface area contributed by atoms with Gasteiger partial charge in [-0.05, 0) is 50.8 Å². The zero-order valence-corrected chi connectivity index (χ0v) is 11.7. The van der Waals surface area contributed by atoms with Crippen molar-refractivity contribution < 1.29 is 0 Å². The molecule has 0 bridgehead atoms. The van der Waals surface area contributed by atoms with Crippen LogP contribution in [0.25, 0.3) is 0 Å². The molecule has 18 heavy (non-hydrogen) atoms. The van der Waals surface area contributed by atoms with Crippen LogP contribution in [0.5, 0.6) is 0 Å². The Morgan fingerprint density at radius 2 is 2.28 bits per heavy atom. The third-order valence-corrected chi connectivity index (χ3v) is 3.41. The molecular weight excluding hydrogens is 224 g/mol. The minimum Gasteiger partial charge on any atom is -0.354 e. The first kappa shape index (κ1) is 13.3. The largest absolute Gasteiger partial charge is 0.354 e. The second-order valence-electron chi connectivity index (χ2n) is 5.51. The van der Waals surface area contributed by atoms with Gasteiger partial charge in [0.15, 0.2) is 0 Å². The van der Waals surface area contributed by atoms with Crippen molar-refractivity contribution in [3.63, 3.8) is 0 Å². The van der Waals surface area contributed by atoms with Crippen molar-refractivity contribution in [3.8, 4) is 0 Å². The van der Waals surface area contributed by atoms with E-state index in [1.165, 1.54) is 12.8 Å². The van der Waals surface area contributed by atoms with E-state index in [2.05, 4.69) is 40.5 Å². The van der Waals surface area contributed by atoms with Crippen LogP contribution in [0.2, 0.25) is 0 Å². The first-order valence-corrected chi connectivity index (χ1v) is 6.95. The van der Waals surface area contributed by atoms with Crippen LogP contribution in [-0.4, -0.2) is 29.6 Å².